The molecule has 0 spiro atoms. The van der Waals surface area contributed by atoms with Crippen molar-refractivity contribution >= 4 is 23.2 Å². The summed E-state index contributed by atoms with van der Waals surface area (Å²) in [7, 11) is 0. The number of aromatic nitrogens is 3. The number of alkyl halides is 1. The Hall–Kier alpha value is -1.84. The first kappa shape index (κ1) is 14.1. The van der Waals surface area contributed by atoms with Crippen LogP contribution in [0.3, 0.4) is 0 Å². The van der Waals surface area contributed by atoms with Gasteiger partial charge in [-0.1, -0.05) is 41.9 Å². The smallest absolute Gasteiger partial charge is 0.152 e. The quantitative estimate of drug-likeness (QED) is 0.673. The van der Waals surface area contributed by atoms with Gasteiger partial charge in [0, 0.05) is 17.1 Å². The van der Waals surface area contributed by atoms with Gasteiger partial charge in [-0.15, -0.1) is 21.8 Å². The van der Waals surface area contributed by atoms with E-state index in [2.05, 4.69) is 10.2 Å². The van der Waals surface area contributed by atoms with Crippen LogP contribution in [0.1, 0.15) is 17.2 Å². The average Bonchev–Trinajstić information content (AvgIpc) is 2.91. The summed E-state index contributed by atoms with van der Waals surface area (Å²) in [6.45, 7) is 0. The zero-order chi connectivity index (χ0) is 14.7. The first-order valence-electron chi connectivity index (χ1n) is 6.57. The molecule has 0 amide bonds. The monoisotopic (exact) mass is 317 g/mol. The molecule has 0 saturated heterocycles. The first-order valence-corrected chi connectivity index (χ1v) is 7.48. The summed E-state index contributed by atoms with van der Waals surface area (Å²) in [5.41, 5.74) is 2.10. The fraction of sp³-hybridized carbons (Fsp3) is 0.125. The lowest BCUT2D eigenvalue weighted by Gasteiger charge is -2.09. The standard InChI is InChI=1S/C16H13Cl2N3/c17-11-16-20-19-15(10-12-5-4-6-13(18)9-12)21(16)14-7-2-1-3-8-14/h1-9H,10-11H2. The van der Waals surface area contributed by atoms with Crippen LogP contribution in [0.5, 0.6) is 0 Å². The molecule has 5 heteroatoms. The van der Waals surface area contributed by atoms with Crippen molar-refractivity contribution in [3.05, 3.63) is 76.8 Å². The molecule has 0 aliphatic carbocycles. The fourth-order valence-corrected chi connectivity index (χ4v) is 2.65. The van der Waals surface area contributed by atoms with E-state index in [0.29, 0.717) is 12.3 Å². The Morgan fingerprint density at radius 3 is 2.38 bits per heavy atom. The molecule has 0 aliphatic rings. The highest BCUT2D eigenvalue weighted by molar-refractivity contribution is 6.30. The van der Waals surface area contributed by atoms with E-state index < -0.39 is 0 Å². The fourth-order valence-electron chi connectivity index (χ4n) is 2.26. The average molecular weight is 318 g/mol. The maximum absolute atomic E-state index is 6.04. The molecule has 0 atom stereocenters. The Labute approximate surface area is 133 Å². The van der Waals surface area contributed by atoms with Gasteiger partial charge in [-0.05, 0) is 29.8 Å². The van der Waals surface area contributed by atoms with E-state index in [1.807, 2.05) is 59.2 Å². The summed E-state index contributed by atoms with van der Waals surface area (Å²) in [5.74, 6) is 1.90. The van der Waals surface area contributed by atoms with Crippen LogP contribution >= 0.6 is 23.2 Å². The van der Waals surface area contributed by atoms with Crippen LogP contribution in [0.2, 0.25) is 5.02 Å². The van der Waals surface area contributed by atoms with Crippen LogP contribution in [0, 0.1) is 0 Å². The first-order chi connectivity index (χ1) is 10.3. The van der Waals surface area contributed by atoms with Crippen LogP contribution in [0.4, 0.5) is 0 Å². The van der Waals surface area contributed by atoms with Crippen LogP contribution < -0.4 is 0 Å². The van der Waals surface area contributed by atoms with Crippen LogP contribution in [-0.4, -0.2) is 14.8 Å². The van der Waals surface area contributed by atoms with Gasteiger partial charge in [0.2, 0.25) is 0 Å². The summed E-state index contributed by atoms with van der Waals surface area (Å²) in [6, 6.07) is 17.7. The summed E-state index contributed by atoms with van der Waals surface area (Å²) in [5, 5.41) is 9.17. The van der Waals surface area contributed by atoms with Gasteiger partial charge in [0.1, 0.15) is 5.82 Å². The van der Waals surface area contributed by atoms with E-state index in [-0.39, 0.29) is 0 Å². The molecule has 3 aromatic rings. The van der Waals surface area contributed by atoms with Crippen LogP contribution in [0.15, 0.2) is 54.6 Å². The number of rotatable bonds is 4. The highest BCUT2D eigenvalue weighted by Gasteiger charge is 2.13. The molecule has 0 fully saturated rings. The van der Waals surface area contributed by atoms with E-state index in [0.717, 1.165) is 27.9 Å². The number of halogens is 2. The summed E-state index contributed by atoms with van der Waals surface area (Å²) in [4.78, 5) is 0. The maximum atomic E-state index is 6.04. The van der Waals surface area contributed by atoms with Crippen molar-refractivity contribution in [2.75, 3.05) is 0 Å². The third kappa shape index (κ3) is 3.09. The van der Waals surface area contributed by atoms with Crippen molar-refractivity contribution < 1.29 is 0 Å². The molecule has 0 unspecified atom stereocenters. The van der Waals surface area contributed by atoms with Crippen molar-refractivity contribution in [1.29, 1.82) is 0 Å². The van der Waals surface area contributed by atoms with E-state index >= 15 is 0 Å². The van der Waals surface area contributed by atoms with Crippen molar-refractivity contribution in [1.82, 2.24) is 14.8 Å². The van der Waals surface area contributed by atoms with Gasteiger partial charge in [-0.25, -0.2) is 0 Å². The van der Waals surface area contributed by atoms with Crippen molar-refractivity contribution in [3.63, 3.8) is 0 Å². The normalized spacial score (nSPS) is 10.8. The predicted molar refractivity (Wildman–Crippen MR) is 85.2 cm³/mol. The number of hydrogen-bond acceptors (Lipinski definition) is 2. The highest BCUT2D eigenvalue weighted by atomic mass is 35.5. The van der Waals surface area contributed by atoms with E-state index in [1.54, 1.807) is 0 Å². The van der Waals surface area contributed by atoms with Gasteiger partial charge in [-0.3, -0.25) is 4.57 Å². The van der Waals surface area contributed by atoms with Crippen molar-refractivity contribution in [2.45, 2.75) is 12.3 Å². The lowest BCUT2D eigenvalue weighted by Crippen LogP contribution is -2.05. The number of nitrogens with zero attached hydrogens (tertiary/aromatic N) is 3. The molecule has 0 aliphatic heterocycles. The predicted octanol–water partition coefficient (Wildman–Crippen LogP) is 4.25. The second kappa shape index (κ2) is 6.29. The zero-order valence-electron chi connectivity index (χ0n) is 11.2. The van der Waals surface area contributed by atoms with Gasteiger partial charge in [-0.2, -0.15) is 0 Å². The molecule has 106 valence electrons. The molecule has 0 bridgehead atoms. The minimum Gasteiger partial charge on any atom is -0.282 e. The number of hydrogen-bond donors (Lipinski definition) is 0. The molecule has 0 N–H and O–H groups in total. The molecule has 3 nitrogen and oxygen atoms in total. The summed E-state index contributed by atoms with van der Waals surface area (Å²) in [6.07, 6.45) is 0.652. The number of benzene rings is 2. The molecule has 2 aromatic carbocycles. The topological polar surface area (TPSA) is 30.7 Å². The molecule has 1 aromatic heterocycles. The molecular formula is C16H13Cl2N3. The molecule has 0 radical (unpaired) electrons. The van der Waals surface area contributed by atoms with Crippen molar-refractivity contribution in [2.24, 2.45) is 0 Å². The third-order valence-electron chi connectivity index (χ3n) is 3.18. The van der Waals surface area contributed by atoms with Crippen LogP contribution in [0.25, 0.3) is 5.69 Å². The van der Waals surface area contributed by atoms with E-state index in [9.17, 15) is 0 Å². The largest absolute Gasteiger partial charge is 0.282 e. The second-order valence-corrected chi connectivity index (χ2v) is 5.35. The Bertz CT molecular complexity index is 738. The lowest BCUT2D eigenvalue weighted by molar-refractivity contribution is 0.886. The minimum atomic E-state index is 0.317. The molecule has 1 heterocycles. The van der Waals surface area contributed by atoms with Gasteiger partial charge in [0.15, 0.2) is 5.82 Å². The number of para-hydroxylation sites is 1. The van der Waals surface area contributed by atoms with Crippen LogP contribution in [-0.2, 0) is 12.3 Å². The third-order valence-corrected chi connectivity index (χ3v) is 3.66. The van der Waals surface area contributed by atoms with Gasteiger partial charge < -0.3 is 0 Å². The van der Waals surface area contributed by atoms with Gasteiger partial charge in [0.25, 0.3) is 0 Å². The molecule has 0 saturated carbocycles. The SMILES string of the molecule is ClCc1nnc(Cc2cccc(Cl)c2)n1-c1ccccc1. The second-order valence-electron chi connectivity index (χ2n) is 4.64. The molecule has 3 rings (SSSR count). The minimum absolute atomic E-state index is 0.317. The van der Waals surface area contributed by atoms with E-state index in [1.165, 1.54) is 0 Å². The van der Waals surface area contributed by atoms with Gasteiger partial charge >= 0.3 is 0 Å². The molecule has 21 heavy (non-hydrogen) atoms. The maximum Gasteiger partial charge on any atom is 0.152 e. The Balaban J connectivity index is 2.02. The van der Waals surface area contributed by atoms with Crippen molar-refractivity contribution in [3.8, 4) is 5.69 Å². The molecular weight excluding hydrogens is 305 g/mol. The van der Waals surface area contributed by atoms with Gasteiger partial charge in [0.05, 0.1) is 5.88 Å². The summed E-state index contributed by atoms with van der Waals surface area (Å²) < 4.78 is 1.99. The van der Waals surface area contributed by atoms with E-state index in [4.69, 9.17) is 23.2 Å². The lowest BCUT2D eigenvalue weighted by atomic mass is 10.1. The summed E-state index contributed by atoms with van der Waals surface area (Å²) >= 11 is 12.0. The zero-order valence-corrected chi connectivity index (χ0v) is 12.7. The Morgan fingerprint density at radius 1 is 0.905 bits per heavy atom. The Morgan fingerprint density at radius 2 is 1.67 bits per heavy atom. The Kier molecular flexibility index (Phi) is 4.23. The highest BCUT2D eigenvalue weighted by Crippen LogP contribution is 2.19.